The molecule has 0 aliphatic heterocycles. The second-order valence-electron chi connectivity index (χ2n) is 2.16. The van der Waals surface area contributed by atoms with Gasteiger partial charge in [0.15, 0.2) is 0 Å². The van der Waals surface area contributed by atoms with E-state index >= 15 is 0 Å². The third-order valence-corrected chi connectivity index (χ3v) is 1.29. The molecule has 0 spiro atoms. The molecule has 60 valence electrons. The molecule has 0 saturated carbocycles. The van der Waals surface area contributed by atoms with Gasteiger partial charge in [-0.2, -0.15) is 0 Å². The van der Waals surface area contributed by atoms with Crippen LogP contribution >= 0.6 is 0 Å². The fourth-order valence-corrected chi connectivity index (χ4v) is 0.850. The first-order valence-electron chi connectivity index (χ1n) is 3.22. The Bertz CT molecular complexity index is 228. The lowest BCUT2D eigenvalue weighted by Crippen LogP contribution is -1.77. The average molecular weight is 150 g/mol. The molecule has 1 rings (SSSR count). The van der Waals surface area contributed by atoms with Crippen molar-refractivity contribution < 1.29 is 5.11 Å². The van der Waals surface area contributed by atoms with Gasteiger partial charge in [0, 0.05) is 0 Å². The summed E-state index contributed by atoms with van der Waals surface area (Å²) in [5.74, 6) is 0.319. The minimum absolute atomic E-state index is 0. The van der Waals surface area contributed by atoms with Crippen molar-refractivity contribution in [2.45, 2.75) is 13.8 Å². The molecule has 0 radical (unpaired) electrons. The summed E-state index contributed by atoms with van der Waals surface area (Å²) in [6.07, 6.45) is 2.63. The molecule has 0 aliphatic carbocycles. The van der Waals surface area contributed by atoms with E-state index in [1.807, 2.05) is 18.2 Å². The number of benzene rings is 1. The number of rotatable bonds is 2. The predicted molar refractivity (Wildman–Crippen MR) is 48.7 cm³/mol. The van der Waals surface area contributed by atoms with Crippen LogP contribution in [0.25, 0.3) is 0 Å². The van der Waals surface area contributed by atoms with Crippen LogP contribution < -0.4 is 0 Å². The van der Waals surface area contributed by atoms with Gasteiger partial charge in [-0.05, 0) is 24.1 Å². The molecule has 0 aromatic heterocycles. The van der Waals surface area contributed by atoms with Gasteiger partial charge in [-0.15, -0.1) is 6.58 Å². The average Bonchev–Trinajstić information content (AvgIpc) is 1.88. The summed E-state index contributed by atoms with van der Waals surface area (Å²) in [6.45, 7) is 3.60. The summed E-state index contributed by atoms with van der Waals surface area (Å²) in [7, 11) is 0. The standard InChI is InChI=1S/C9H10O.CH4/c1-2-4-8-5-3-6-9(10)7-8;/h2-3,5-7,10H,1,4H2;1H4. The van der Waals surface area contributed by atoms with Crippen LogP contribution in [0.5, 0.6) is 5.75 Å². The largest absolute Gasteiger partial charge is 0.508 e. The Morgan fingerprint density at radius 2 is 2.18 bits per heavy atom. The number of phenols is 1. The van der Waals surface area contributed by atoms with Crippen LogP contribution in [-0.4, -0.2) is 5.11 Å². The van der Waals surface area contributed by atoms with E-state index in [-0.39, 0.29) is 7.43 Å². The molecule has 1 N–H and O–H groups in total. The van der Waals surface area contributed by atoms with Gasteiger partial charge >= 0.3 is 0 Å². The van der Waals surface area contributed by atoms with Gasteiger partial charge in [-0.1, -0.05) is 25.6 Å². The maximum absolute atomic E-state index is 9.01. The van der Waals surface area contributed by atoms with Gasteiger partial charge in [0.2, 0.25) is 0 Å². The van der Waals surface area contributed by atoms with Gasteiger partial charge in [0.05, 0.1) is 0 Å². The van der Waals surface area contributed by atoms with Crippen molar-refractivity contribution >= 4 is 0 Å². The normalized spacial score (nSPS) is 8.36. The highest BCUT2D eigenvalue weighted by Crippen LogP contribution is 2.10. The van der Waals surface area contributed by atoms with Crippen molar-refractivity contribution in [3.05, 3.63) is 42.5 Å². The van der Waals surface area contributed by atoms with Crippen LogP contribution in [0.2, 0.25) is 0 Å². The lowest BCUT2D eigenvalue weighted by Gasteiger charge is -1.95. The third-order valence-electron chi connectivity index (χ3n) is 1.29. The van der Waals surface area contributed by atoms with Crippen molar-refractivity contribution in [1.82, 2.24) is 0 Å². The van der Waals surface area contributed by atoms with Crippen molar-refractivity contribution in [3.8, 4) is 5.75 Å². The molecule has 0 saturated heterocycles. The molecule has 0 amide bonds. The lowest BCUT2D eigenvalue weighted by atomic mass is 10.1. The Kier molecular flexibility index (Phi) is 4.04. The Morgan fingerprint density at radius 1 is 1.45 bits per heavy atom. The van der Waals surface area contributed by atoms with E-state index < -0.39 is 0 Å². The fraction of sp³-hybridized carbons (Fsp3) is 0.200. The maximum atomic E-state index is 9.01. The highest BCUT2D eigenvalue weighted by molar-refractivity contribution is 5.28. The van der Waals surface area contributed by atoms with E-state index in [4.69, 9.17) is 5.11 Å². The van der Waals surface area contributed by atoms with Gasteiger partial charge < -0.3 is 5.11 Å². The summed E-state index contributed by atoms with van der Waals surface area (Å²) in [5.41, 5.74) is 1.09. The van der Waals surface area contributed by atoms with Gasteiger partial charge in [-0.25, -0.2) is 0 Å². The molecular formula is C10H14O. The van der Waals surface area contributed by atoms with Crippen LogP contribution in [-0.2, 0) is 6.42 Å². The molecule has 0 aliphatic rings. The molecular weight excluding hydrogens is 136 g/mol. The van der Waals surface area contributed by atoms with Crippen LogP contribution in [0.3, 0.4) is 0 Å². The maximum Gasteiger partial charge on any atom is 0.115 e. The quantitative estimate of drug-likeness (QED) is 0.643. The minimum atomic E-state index is 0. The van der Waals surface area contributed by atoms with Gasteiger partial charge in [-0.3, -0.25) is 0 Å². The SMILES string of the molecule is C.C=CCc1cccc(O)c1. The van der Waals surface area contributed by atoms with Crippen molar-refractivity contribution in [1.29, 1.82) is 0 Å². The van der Waals surface area contributed by atoms with Crippen LogP contribution in [0, 0.1) is 0 Å². The van der Waals surface area contributed by atoms with Gasteiger partial charge in [0.1, 0.15) is 5.75 Å². The van der Waals surface area contributed by atoms with E-state index in [0.717, 1.165) is 12.0 Å². The van der Waals surface area contributed by atoms with Crippen molar-refractivity contribution in [2.75, 3.05) is 0 Å². The summed E-state index contributed by atoms with van der Waals surface area (Å²) in [4.78, 5) is 0. The number of hydrogen-bond acceptors (Lipinski definition) is 1. The zero-order valence-corrected chi connectivity index (χ0v) is 5.75. The Labute approximate surface area is 68.0 Å². The fourth-order valence-electron chi connectivity index (χ4n) is 0.850. The number of hydrogen-bond donors (Lipinski definition) is 1. The molecule has 1 nitrogen and oxygen atoms in total. The van der Waals surface area contributed by atoms with Crippen LogP contribution in [0.1, 0.15) is 13.0 Å². The highest BCUT2D eigenvalue weighted by atomic mass is 16.3. The molecule has 1 aromatic carbocycles. The van der Waals surface area contributed by atoms with Gasteiger partial charge in [0.25, 0.3) is 0 Å². The van der Waals surface area contributed by atoms with Crippen LogP contribution in [0.15, 0.2) is 36.9 Å². The summed E-state index contributed by atoms with van der Waals surface area (Å²) in [5, 5.41) is 9.01. The predicted octanol–water partition coefficient (Wildman–Crippen LogP) is 2.76. The second-order valence-corrected chi connectivity index (χ2v) is 2.16. The van der Waals surface area contributed by atoms with E-state index in [1.54, 1.807) is 12.1 Å². The first kappa shape index (κ1) is 9.76. The number of phenolic OH excluding ortho intramolecular Hbond substituents is 1. The van der Waals surface area contributed by atoms with E-state index in [1.165, 1.54) is 0 Å². The molecule has 0 unspecified atom stereocenters. The molecule has 0 heterocycles. The van der Waals surface area contributed by atoms with E-state index in [9.17, 15) is 0 Å². The lowest BCUT2D eigenvalue weighted by molar-refractivity contribution is 0.474. The highest BCUT2D eigenvalue weighted by Gasteiger charge is 1.89. The molecule has 1 aromatic rings. The topological polar surface area (TPSA) is 20.2 Å². The minimum Gasteiger partial charge on any atom is -0.508 e. The molecule has 0 atom stereocenters. The number of aromatic hydroxyl groups is 1. The van der Waals surface area contributed by atoms with E-state index in [0.29, 0.717) is 5.75 Å². The first-order chi connectivity index (χ1) is 4.83. The third kappa shape index (κ3) is 2.89. The molecule has 0 fully saturated rings. The first-order valence-corrected chi connectivity index (χ1v) is 3.22. The summed E-state index contributed by atoms with van der Waals surface area (Å²) >= 11 is 0. The molecule has 1 heteroatoms. The Balaban J connectivity index is 0.000001000. The van der Waals surface area contributed by atoms with Crippen molar-refractivity contribution in [2.24, 2.45) is 0 Å². The second kappa shape index (κ2) is 4.56. The smallest absolute Gasteiger partial charge is 0.115 e. The van der Waals surface area contributed by atoms with Crippen LogP contribution in [0.4, 0.5) is 0 Å². The monoisotopic (exact) mass is 150 g/mol. The Hall–Kier alpha value is -1.24. The molecule has 11 heavy (non-hydrogen) atoms. The Morgan fingerprint density at radius 3 is 2.73 bits per heavy atom. The summed E-state index contributed by atoms with van der Waals surface area (Å²) in [6, 6.07) is 7.18. The zero-order chi connectivity index (χ0) is 7.40. The summed E-state index contributed by atoms with van der Waals surface area (Å²) < 4.78 is 0. The van der Waals surface area contributed by atoms with E-state index in [2.05, 4.69) is 6.58 Å². The van der Waals surface area contributed by atoms with Crippen molar-refractivity contribution in [3.63, 3.8) is 0 Å². The zero-order valence-electron chi connectivity index (χ0n) is 5.75. The molecule has 0 bridgehead atoms. The number of allylic oxidation sites excluding steroid dienone is 1.